The summed E-state index contributed by atoms with van der Waals surface area (Å²) in [6, 6.07) is 7.17. The van der Waals surface area contributed by atoms with Crippen LogP contribution in [0.3, 0.4) is 0 Å². The summed E-state index contributed by atoms with van der Waals surface area (Å²) < 4.78 is 39.1. The first-order chi connectivity index (χ1) is 9.88. The van der Waals surface area contributed by atoms with Gasteiger partial charge in [-0.1, -0.05) is 34.5 Å². The lowest BCUT2D eigenvalue weighted by molar-refractivity contribution is -0.137. The van der Waals surface area contributed by atoms with Gasteiger partial charge in [0.2, 0.25) is 0 Å². The van der Waals surface area contributed by atoms with Crippen molar-refractivity contribution in [3.63, 3.8) is 0 Å². The molecule has 0 amide bonds. The maximum absolute atomic E-state index is 12.7. The van der Waals surface area contributed by atoms with Gasteiger partial charge < -0.3 is 0 Å². The minimum atomic E-state index is -4.44. The van der Waals surface area contributed by atoms with Crippen LogP contribution in [0.25, 0.3) is 16.8 Å². The second-order valence-corrected chi connectivity index (χ2v) is 5.09. The van der Waals surface area contributed by atoms with E-state index in [1.165, 1.54) is 6.07 Å². The summed E-state index contributed by atoms with van der Waals surface area (Å²) in [5.41, 5.74) is 0.352. The fourth-order valence-electron chi connectivity index (χ4n) is 1.96. The number of pyridine rings is 1. The molecule has 0 radical (unpaired) electrons. The molecule has 108 valence electrons. The van der Waals surface area contributed by atoms with Crippen LogP contribution in [0.1, 0.15) is 5.56 Å². The maximum atomic E-state index is 12.7. The van der Waals surface area contributed by atoms with Crippen LogP contribution in [-0.4, -0.2) is 14.8 Å². The molecule has 0 saturated heterocycles. The largest absolute Gasteiger partial charge is 0.417 e. The second kappa shape index (κ2) is 4.89. The highest BCUT2D eigenvalue weighted by Gasteiger charge is 2.31. The van der Waals surface area contributed by atoms with Crippen molar-refractivity contribution in [1.29, 1.82) is 0 Å². The predicted molar refractivity (Wildman–Crippen MR) is 73.4 cm³/mol. The van der Waals surface area contributed by atoms with Crippen molar-refractivity contribution in [2.24, 2.45) is 0 Å². The van der Waals surface area contributed by atoms with Crippen LogP contribution in [0.5, 0.6) is 0 Å². The molecule has 0 N–H and O–H groups in total. The molecule has 0 aliphatic rings. The van der Waals surface area contributed by atoms with Crippen LogP contribution in [0, 0.1) is 0 Å². The topological polar surface area (TPSA) is 30.2 Å². The molecule has 0 unspecified atom stereocenters. The monoisotopic (exact) mass is 331 g/mol. The zero-order valence-electron chi connectivity index (χ0n) is 10.2. The van der Waals surface area contributed by atoms with Crippen molar-refractivity contribution in [2.45, 2.75) is 6.18 Å². The lowest BCUT2D eigenvalue weighted by Crippen LogP contribution is -2.06. The van der Waals surface area contributed by atoms with Gasteiger partial charge in [0, 0.05) is 11.8 Å². The smallest absolute Gasteiger partial charge is 0.219 e. The molecular weight excluding hydrogens is 326 g/mol. The van der Waals surface area contributed by atoms with Crippen LogP contribution in [0.2, 0.25) is 10.0 Å². The number of halogens is 5. The van der Waals surface area contributed by atoms with E-state index in [1.54, 1.807) is 18.2 Å². The number of hydrogen-bond acceptors (Lipinski definition) is 2. The van der Waals surface area contributed by atoms with Crippen molar-refractivity contribution < 1.29 is 13.2 Å². The number of alkyl halides is 3. The Balaban J connectivity index is 2.22. The van der Waals surface area contributed by atoms with Crippen LogP contribution in [0.15, 0.2) is 36.5 Å². The molecule has 0 spiro atoms. The number of aromatic nitrogens is 3. The average Bonchev–Trinajstić information content (AvgIpc) is 2.81. The van der Waals surface area contributed by atoms with E-state index in [9.17, 15) is 13.2 Å². The zero-order valence-corrected chi connectivity index (χ0v) is 11.7. The SMILES string of the molecule is FC(F)(F)c1ccc2c(-c3c(Cl)cccc3Cl)nnn2c1. The third kappa shape index (κ3) is 2.45. The number of rotatable bonds is 1. The van der Waals surface area contributed by atoms with Crippen molar-refractivity contribution in [3.8, 4) is 11.3 Å². The van der Waals surface area contributed by atoms with E-state index < -0.39 is 11.7 Å². The summed E-state index contributed by atoms with van der Waals surface area (Å²) in [6.07, 6.45) is -3.57. The first-order valence-electron chi connectivity index (χ1n) is 5.74. The minimum absolute atomic E-state index is 0.333. The summed E-state index contributed by atoms with van der Waals surface area (Å²) in [4.78, 5) is 0. The van der Waals surface area contributed by atoms with E-state index in [0.29, 0.717) is 26.8 Å². The molecule has 1 aromatic carbocycles. The van der Waals surface area contributed by atoms with Crippen molar-refractivity contribution >= 4 is 28.7 Å². The Morgan fingerprint density at radius 2 is 1.67 bits per heavy atom. The summed E-state index contributed by atoms with van der Waals surface area (Å²) in [6.45, 7) is 0. The van der Waals surface area contributed by atoms with E-state index in [0.717, 1.165) is 16.8 Å². The molecule has 0 fully saturated rings. The normalized spacial score (nSPS) is 12.0. The standard InChI is InChI=1S/C13H6Cl2F3N3/c14-8-2-1-3-9(15)11(8)12-10-5-4-7(13(16,17)18)6-21(10)20-19-12/h1-6H. The highest BCUT2D eigenvalue weighted by molar-refractivity contribution is 6.39. The Labute approximate surface area is 126 Å². The van der Waals surface area contributed by atoms with Gasteiger partial charge in [-0.25, -0.2) is 4.52 Å². The Morgan fingerprint density at radius 1 is 1.00 bits per heavy atom. The van der Waals surface area contributed by atoms with Crippen LogP contribution >= 0.6 is 23.2 Å². The van der Waals surface area contributed by atoms with E-state index in [1.807, 2.05) is 0 Å². The molecule has 0 aliphatic heterocycles. The molecule has 2 heterocycles. The second-order valence-electron chi connectivity index (χ2n) is 4.28. The van der Waals surface area contributed by atoms with E-state index in [4.69, 9.17) is 23.2 Å². The summed E-state index contributed by atoms with van der Waals surface area (Å²) in [5, 5.41) is 8.29. The van der Waals surface area contributed by atoms with Gasteiger partial charge in [-0.2, -0.15) is 13.2 Å². The molecule has 8 heteroatoms. The third-order valence-corrected chi connectivity index (χ3v) is 3.57. The van der Waals surface area contributed by atoms with Gasteiger partial charge in [0.25, 0.3) is 0 Å². The summed E-state index contributed by atoms with van der Waals surface area (Å²) in [7, 11) is 0. The Morgan fingerprint density at radius 3 is 2.29 bits per heavy atom. The maximum Gasteiger partial charge on any atom is 0.417 e. The van der Waals surface area contributed by atoms with E-state index in [-0.39, 0.29) is 0 Å². The number of hydrogen-bond donors (Lipinski definition) is 0. The van der Waals surface area contributed by atoms with Crippen molar-refractivity contribution in [1.82, 2.24) is 14.8 Å². The highest BCUT2D eigenvalue weighted by Crippen LogP contribution is 2.36. The minimum Gasteiger partial charge on any atom is -0.219 e. The quantitative estimate of drug-likeness (QED) is 0.645. The fraction of sp³-hybridized carbons (Fsp3) is 0.0769. The summed E-state index contributed by atoms with van der Waals surface area (Å²) >= 11 is 12.2. The first kappa shape index (κ1) is 14.2. The summed E-state index contributed by atoms with van der Waals surface area (Å²) in [5.74, 6) is 0. The van der Waals surface area contributed by atoms with Gasteiger partial charge >= 0.3 is 6.18 Å². The fourth-order valence-corrected chi connectivity index (χ4v) is 2.54. The Bertz CT molecular complexity index is 807. The number of fused-ring (bicyclic) bond motifs is 1. The van der Waals surface area contributed by atoms with Gasteiger partial charge in [0.05, 0.1) is 21.1 Å². The number of nitrogens with zero attached hydrogens (tertiary/aromatic N) is 3. The van der Waals surface area contributed by atoms with Gasteiger partial charge in [-0.3, -0.25) is 0 Å². The molecule has 3 rings (SSSR count). The molecule has 21 heavy (non-hydrogen) atoms. The van der Waals surface area contributed by atoms with Crippen LogP contribution in [0.4, 0.5) is 13.2 Å². The van der Waals surface area contributed by atoms with E-state index in [2.05, 4.69) is 10.3 Å². The zero-order chi connectivity index (χ0) is 15.2. The molecule has 2 aromatic heterocycles. The molecular formula is C13H6Cl2F3N3. The molecule has 3 aromatic rings. The lowest BCUT2D eigenvalue weighted by atomic mass is 10.1. The molecule has 0 saturated carbocycles. The average molecular weight is 332 g/mol. The molecule has 3 nitrogen and oxygen atoms in total. The molecule has 0 aliphatic carbocycles. The van der Waals surface area contributed by atoms with Gasteiger partial charge in [0.15, 0.2) is 0 Å². The lowest BCUT2D eigenvalue weighted by Gasteiger charge is -2.07. The van der Waals surface area contributed by atoms with Crippen molar-refractivity contribution in [2.75, 3.05) is 0 Å². The third-order valence-electron chi connectivity index (χ3n) is 2.94. The molecule has 0 atom stereocenters. The van der Waals surface area contributed by atoms with E-state index >= 15 is 0 Å². The van der Waals surface area contributed by atoms with Gasteiger partial charge in [0.1, 0.15) is 5.69 Å². The van der Waals surface area contributed by atoms with Crippen LogP contribution < -0.4 is 0 Å². The van der Waals surface area contributed by atoms with Gasteiger partial charge in [-0.15, -0.1) is 5.10 Å². The Hall–Kier alpha value is -1.79. The van der Waals surface area contributed by atoms with Crippen molar-refractivity contribution in [3.05, 3.63) is 52.1 Å². The molecule has 0 bridgehead atoms. The number of benzene rings is 1. The predicted octanol–water partition coefficient (Wildman–Crippen LogP) is 4.72. The first-order valence-corrected chi connectivity index (χ1v) is 6.50. The van der Waals surface area contributed by atoms with Crippen LogP contribution in [-0.2, 0) is 6.18 Å². The highest BCUT2D eigenvalue weighted by atomic mass is 35.5. The van der Waals surface area contributed by atoms with Gasteiger partial charge in [-0.05, 0) is 24.3 Å². The Kier molecular flexibility index (Phi) is 3.30.